The molecular formula is C17H19FN2. The fraction of sp³-hybridized carbons (Fsp3) is 0.294. The number of rotatable bonds is 4. The molecule has 3 N–H and O–H groups in total. The summed E-state index contributed by atoms with van der Waals surface area (Å²) in [7, 11) is 0. The quantitative estimate of drug-likeness (QED) is 0.660. The standard InChI is InChI=1S/C17H19FN2/c1-12-7-8-13(11-15(12)18)16(20-19)17(9-10-17)14-5-3-2-4-6-14/h2-8,11,16,20H,9-10,19H2,1H3. The molecule has 2 aromatic rings. The molecule has 0 aliphatic heterocycles. The molecule has 1 fully saturated rings. The van der Waals surface area contributed by atoms with Gasteiger partial charge in [0.15, 0.2) is 0 Å². The van der Waals surface area contributed by atoms with E-state index in [0.717, 1.165) is 18.4 Å². The zero-order valence-corrected chi connectivity index (χ0v) is 11.6. The van der Waals surface area contributed by atoms with E-state index in [4.69, 9.17) is 5.84 Å². The van der Waals surface area contributed by atoms with Gasteiger partial charge in [0.2, 0.25) is 0 Å². The van der Waals surface area contributed by atoms with Gasteiger partial charge in [-0.15, -0.1) is 0 Å². The van der Waals surface area contributed by atoms with E-state index in [0.29, 0.717) is 5.56 Å². The van der Waals surface area contributed by atoms with Gasteiger partial charge in [0, 0.05) is 5.41 Å². The first kappa shape index (κ1) is 13.3. The molecule has 1 aliphatic rings. The van der Waals surface area contributed by atoms with Crippen LogP contribution in [0.3, 0.4) is 0 Å². The second-order valence-corrected chi connectivity index (χ2v) is 5.63. The molecule has 0 radical (unpaired) electrons. The molecule has 104 valence electrons. The van der Waals surface area contributed by atoms with Crippen LogP contribution in [0, 0.1) is 12.7 Å². The minimum Gasteiger partial charge on any atom is -0.271 e. The van der Waals surface area contributed by atoms with Crippen LogP contribution >= 0.6 is 0 Å². The number of nitrogens with one attached hydrogen (secondary N) is 1. The van der Waals surface area contributed by atoms with Crippen molar-refractivity contribution < 1.29 is 4.39 Å². The summed E-state index contributed by atoms with van der Waals surface area (Å²) in [5.41, 5.74) is 5.74. The second-order valence-electron chi connectivity index (χ2n) is 5.63. The molecule has 0 aromatic heterocycles. The van der Waals surface area contributed by atoms with Gasteiger partial charge in [0.1, 0.15) is 5.82 Å². The van der Waals surface area contributed by atoms with Gasteiger partial charge in [0.05, 0.1) is 6.04 Å². The number of hydrazine groups is 1. The highest BCUT2D eigenvalue weighted by Gasteiger charge is 2.50. The minimum absolute atomic E-state index is 0.00227. The highest BCUT2D eigenvalue weighted by molar-refractivity contribution is 5.39. The third kappa shape index (κ3) is 2.13. The highest BCUT2D eigenvalue weighted by Crippen LogP contribution is 2.56. The first-order valence-electron chi connectivity index (χ1n) is 6.95. The summed E-state index contributed by atoms with van der Waals surface area (Å²) in [4.78, 5) is 0. The van der Waals surface area contributed by atoms with Crippen molar-refractivity contribution in [3.63, 3.8) is 0 Å². The molecular weight excluding hydrogens is 251 g/mol. The molecule has 1 atom stereocenters. The van der Waals surface area contributed by atoms with Crippen LogP contribution in [0.15, 0.2) is 48.5 Å². The largest absolute Gasteiger partial charge is 0.271 e. The molecule has 0 bridgehead atoms. The Morgan fingerprint density at radius 3 is 2.40 bits per heavy atom. The summed E-state index contributed by atoms with van der Waals surface area (Å²) < 4.78 is 13.8. The molecule has 0 saturated heterocycles. The third-order valence-electron chi connectivity index (χ3n) is 4.39. The molecule has 0 amide bonds. The monoisotopic (exact) mass is 270 g/mol. The zero-order chi connectivity index (χ0) is 14.2. The van der Waals surface area contributed by atoms with Gasteiger partial charge < -0.3 is 0 Å². The van der Waals surface area contributed by atoms with Gasteiger partial charge in [-0.2, -0.15) is 0 Å². The van der Waals surface area contributed by atoms with Crippen molar-refractivity contribution in [3.8, 4) is 0 Å². The van der Waals surface area contributed by atoms with Crippen molar-refractivity contribution in [1.29, 1.82) is 0 Å². The Labute approximate surface area is 118 Å². The summed E-state index contributed by atoms with van der Waals surface area (Å²) in [5.74, 6) is 5.61. The smallest absolute Gasteiger partial charge is 0.126 e. The first-order valence-corrected chi connectivity index (χ1v) is 6.95. The summed E-state index contributed by atoms with van der Waals surface area (Å²) in [6.07, 6.45) is 2.14. The molecule has 2 aromatic carbocycles. The molecule has 2 nitrogen and oxygen atoms in total. The minimum atomic E-state index is -0.174. The summed E-state index contributed by atoms with van der Waals surface area (Å²) in [6.45, 7) is 1.77. The maximum Gasteiger partial charge on any atom is 0.126 e. The van der Waals surface area contributed by atoms with Gasteiger partial charge in [0.25, 0.3) is 0 Å². The maximum absolute atomic E-state index is 13.8. The Morgan fingerprint density at radius 1 is 1.15 bits per heavy atom. The lowest BCUT2D eigenvalue weighted by Gasteiger charge is -2.27. The summed E-state index contributed by atoms with van der Waals surface area (Å²) >= 11 is 0. The molecule has 3 heteroatoms. The third-order valence-corrected chi connectivity index (χ3v) is 4.39. The average molecular weight is 270 g/mol. The zero-order valence-electron chi connectivity index (χ0n) is 11.6. The van der Waals surface area contributed by atoms with E-state index < -0.39 is 0 Å². The maximum atomic E-state index is 13.8. The molecule has 1 aliphatic carbocycles. The van der Waals surface area contributed by atoms with Crippen molar-refractivity contribution in [1.82, 2.24) is 5.43 Å². The lowest BCUT2D eigenvalue weighted by Crippen LogP contribution is -2.36. The molecule has 0 spiro atoms. The Hall–Kier alpha value is -1.71. The summed E-state index contributed by atoms with van der Waals surface area (Å²) in [5, 5.41) is 0. The van der Waals surface area contributed by atoms with Gasteiger partial charge in [-0.25, -0.2) is 4.39 Å². The van der Waals surface area contributed by atoms with Crippen LogP contribution in [0.25, 0.3) is 0 Å². The van der Waals surface area contributed by atoms with Crippen molar-refractivity contribution >= 4 is 0 Å². The van der Waals surface area contributed by atoms with Crippen LogP contribution in [0.1, 0.15) is 35.6 Å². The molecule has 1 saturated carbocycles. The van der Waals surface area contributed by atoms with Crippen molar-refractivity contribution in [2.75, 3.05) is 0 Å². The number of hydrogen-bond acceptors (Lipinski definition) is 2. The van der Waals surface area contributed by atoms with E-state index >= 15 is 0 Å². The first-order chi connectivity index (χ1) is 9.67. The lowest BCUT2D eigenvalue weighted by atomic mass is 9.84. The topological polar surface area (TPSA) is 38.0 Å². The number of nitrogens with two attached hydrogens (primary N) is 1. The van der Waals surface area contributed by atoms with Gasteiger partial charge in [-0.1, -0.05) is 42.5 Å². The Balaban J connectivity index is 2.00. The lowest BCUT2D eigenvalue weighted by molar-refractivity contribution is 0.436. The molecule has 3 rings (SSSR count). The fourth-order valence-electron chi connectivity index (χ4n) is 3.01. The second kappa shape index (κ2) is 5.00. The van der Waals surface area contributed by atoms with Gasteiger partial charge in [-0.3, -0.25) is 11.3 Å². The summed E-state index contributed by atoms with van der Waals surface area (Å²) in [6, 6.07) is 15.7. The van der Waals surface area contributed by atoms with Crippen molar-refractivity contribution in [3.05, 3.63) is 71.0 Å². The van der Waals surface area contributed by atoms with Crippen LogP contribution in [0.5, 0.6) is 0 Å². The Bertz CT molecular complexity index is 606. The average Bonchev–Trinajstić information content (AvgIpc) is 3.26. The van der Waals surface area contributed by atoms with Gasteiger partial charge >= 0.3 is 0 Å². The van der Waals surface area contributed by atoms with E-state index in [1.54, 1.807) is 13.0 Å². The van der Waals surface area contributed by atoms with E-state index in [9.17, 15) is 4.39 Å². The fourth-order valence-corrected chi connectivity index (χ4v) is 3.01. The Kier molecular flexibility index (Phi) is 3.32. The molecule has 20 heavy (non-hydrogen) atoms. The molecule has 1 unspecified atom stereocenters. The van der Waals surface area contributed by atoms with Gasteiger partial charge in [-0.05, 0) is 42.5 Å². The Morgan fingerprint density at radius 2 is 1.85 bits per heavy atom. The SMILES string of the molecule is Cc1ccc(C(NN)C2(c3ccccc3)CC2)cc1F. The van der Waals surface area contributed by atoms with E-state index in [1.165, 1.54) is 5.56 Å². The van der Waals surface area contributed by atoms with Crippen LogP contribution in [-0.2, 0) is 5.41 Å². The normalized spacial score (nSPS) is 17.8. The van der Waals surface area contributed by atoms with Crippen LogP contribution < -0.4 is 11.3 Å². The number of halogens is 1. The highest BCUT2D eigenvalue weighted by atomic mass is 19.1. The predicted molar refractivity (Wildman–Crippen MR) is 78.6 cm³/mol. The van der Waals surface area contributed by atoms with Crippen molar-refractivity contribution in [2.24, 2.45) is 5.84 Å². The number of hydrogen-bond donors (Lipinski definition) is 2. The van der Waals surface area contributed by atoms with E-state index in [-0.39, 0.29) is 17.3 Å². The van der Waals surface area contributed by atoms with Crippen LogP contribution in [-0.4, -0.2) is 0 Å². The molecule has 0 heterocycles. The van der Waals surface area contributed by atoms with E-state index in [2.05, 4.69) is 17.6 Å². The van der Waals surface area contributed by atoms with Crippen LogP contribution in [0.4, 0.5) is 4.39 Å². The van der Waals surface area contributed by atoms with E-state index in [1.807, 2.05) is 30.3 Å². The predicted octanol–water partition coefficient (Wildman–Crippen LogP) is 3.37. The van der Waals surface area contributed by atoms with Crippen molar-refractivity contribution in [2.45, 2.75) is 31.2 Å². The van der Waals surface area contributed by atoms with Crippen LogP contribution in [0.2, 0.25) is 0 Å². The number of benzene rings is 2. The number of aryl methyl sites for hydroxylation is 1.